The third-order valence-electron chi connectivity index (χ3n) is 2.60. The van der Waals surface area contributed by atoms with Gasteiger partial charge in [-0.15, -0.1) is 0 Å². The van der Waals surface area contributed by atoms with E-state index in [9.17, 15) is 4.79 Å². The normalized spacial score (nSPS) is 22.2. The molecule has 0 spiro atoms. The fourth-order valence-electron chi connectivity index (χ4n) is 1.86. The summed E-state index contributed by atoms with van der Waals surface area (Å²) < 4.78 is 5.57. The molecule has 1 heterocycles. The molecule has 1 aliphatic heterocycles. The summed E-state index contributed by atoms with van der Waals surface area (Å²) in [6.07, 6.45) is 0.752. The molecule has 1 saturated heterocycles. The molecule has 1 unspecified atom stereocenters. The molecular formula is C12H24N2O2. The van der Waals surface area contributed by atoms with Crippen LogP contribution < -0.4 is 5.32 Å². The lowest BCUT2D eigenvalue weighted by atomic mass is 9.91. The second kappa shape index (κ2) is 5.64. The first-order chi connectivity index (χ1) is 7.42. The smallest absolute Gasteiger partial charge is 0.223 e. The molecule has 0 aliphatic carbocycles. The Morgan fingerprint density at radius 1 is 1.50 bits per heavy atom. The minimum atomic E-state index is 0.0634. The molecule has 0 aromatic heterocycles. The second-order valence-electron chi connectivity index (χ2n) is 5.63. The van der Waals surface area contributed by atoms with Crippen LogP contribution in [-0.4, -0.2) is 50.2 Å². The summed E-state index contributed by atoms with van der Waals surface area (Å²) in [6.45, 7) is 9.19. The van der Waals surface area contributed by atoms with Gasteiger partial charge in [0.15, 0.2) is 0 Å². The maximum absolute atomic E-state index is 12.0. The Bertz CT molecular complexity index is 234. The molecule has 16 heavy (non-hydrogen) atoms. The van der Waals surface area contributed by atoms with Gasteiger partial charge >= 0.3 is 0 Å². The van der Waals surface area contributed by atoms with Crippen LogP contribution in [0.3, 0.4) is 0 Å². The number of nitrogens with one attached hydrogen (secondary N) is 1. The number of carbonyl (C=O) groups is 1. The van der Waals surface area contributed by atoms with Crippen molar-refractivity contribution in [3.63, 3.8) is 0 Å². The number of hydrogen-bond donors (Lipinski definition) is 1. The van der Waals surface area contributed by atoms with Gasteiger partial charge in [-0.05, 0) is 12.5 Å². The monoisotopic (exact) mass is 228 g/mol. The van der Waals surface area contributed by atoms with Crippen molar-refractivity contribution >= 4 is 5.91 Å². The molecule has 4 nitrogen and oxygen atoms in total. The molecule has 1 aliphatic rings. The van der Waals surface area contributed by atoms with E-state index >= 15 is 0 Å². The SMILES string of the molecule is CNCC1CN(C(=O)CC(C)(C)C)CCO1. The van der Waals surface area contributed by atoms with E-state index in [1.807, 2.05) is 11.9 Å². The van der Waals surface area contributed by atoms with Gasteiger partial charge < -0.3 is 15.0 Å². The van der Waals surface area contributed by atoms with Crippen LogP contribution in [0.2, 0.25) is 0 Å². The molecule has 0 bridgehead atoms. The third kappa shape index (κ3) is 4.49. The number of carbonyl (C=O) groups excluding carboxylic acids is 1. The largest absolute Gasteiger partial charge is 0.373 e. The van der Waals surface area contributed by atoms with E-state index < -0.39 is 0 Å². The van der Waals surface area contributed by atoms with Crippen molar-refractivity contribution in [3.05, 3.63) is 0 Å². The number of rotatable bonds is 3. The summed E-state index contributed by atoms with van der Waals surface area (Å²) in [5.74, 6) is 0.247. The van der Waals surface area contributed by atoms with E-state index in [0.29, 0.717) is 13.0 Å². The lowest BCUT2D eigenvalue weighted by molar-refractivity contribution is -0.140. The number of ether oxygens (including phenoxy) is 1. The molecule has 1 amide bonds. The molecule has 1 N–H and O–H groups in total. The molecule has 94 valence electrons. The standard InChI is InChI=1S/C12H24N2O2/c1-12(2,3)7-11(15)14-5-6-16-10(9-14)8-13-4/h10,13H,5-9H2,1-4H3. The molecular weight excluding hydrogens is 204 g/mol. The Morgan fingerprint density at radius 3 is 2.75 bits per heavy atom. The van der Waals surface area contributed by atoms with E-state index in [1.54, 1.807) is 0 Å². The van der Waals surface area contributed by atoms with Gasteiger partial charge in [0.1, 0.15) is 0 Å². The fourth-order valence-corrected chi connectivity index (χ4v) is 1.86. The van der Waals surface area contributed by atoms with Gasteiger partial charge in [0.25, 0.3) is 0 Å². The Balaban J connectivity index is 2.44. The van der Waals surface area contributed by atoms with Crippen molar-refractivity contribution in [2.75, 3.05) is 33.3 Å². The lowest BCUT2D eigenvalue weighted by Gasteiger charge is -2.34. The second-order valence-corrected chi connectivity index (χ2v) is 5.63. The molecule has 1 fully saturated rings. The maximum Gasteiger partial charge on any atom is 0.223 e. The first kappa shape index (κ1) is 13.5. The minimum absolute atomic E-state index is 0.0634. The summed E-state index contributed by atoms with van der Waals surface area (Å²) in [4.78, 5) is 13.9. The maximum atomic E-state index is 12.0. The van der Waals surface area contributed by atoms with Gasteiger partial charge in [0, 0.05) is 26.1 Å². The first-order valence-corrected chi connectivity index (χ1v) is 5.96. The van der Waals surface area contributed by atoms with Crippen molar-refractivity contribution in [1.82, 2.24) is 10.2 Å². The van der Waals surface area contributed by atoms with Crippen LogP contribution in [0.25, 0.3) is 0 Å². The predicted octanol–water partition coefficient (Wildman–Crippen LogP) is 0.869. The highest BCUT2D eigenvalue weighted by molar-refractivity contribution is 5.76. The van der Waals surface area contributed by atoms with Crippen molar-refractivity contribution in [3.8, 4) is 0 Å². The van der Waals surface area contributed by atoms with Crippen molar-refractivity contribution in [2.45, 2.75) is 33.3 Å². The summed E-state index contributed by atoms with van der Waals surface area (Å²) in [7, 11) is 1.90. The Kier molecular flexibility index (Phi) is 4.74. The fraction of sp³-hybridized carbons (Fsp3) is 0.917. The quantitative estimate of drug-likeness (QED) is 0.779. The van der Waals surface area contributed by atoms with Crippen LogP contribution in [0.1, 0.15) is 27.2 Å². The summed E-state index contributed by atoms with van der Waals surface area (Å²) in [6, 6.07) is 0. The van der Waals surface area contributed by atoms with Crippen LogP contribution >= 0.6 is 0 Å². The van der Waals surface area contributed by atoms with Crippen molar-refractivity contribution in [1.29, 1.82) is 0 Å². The molecule has 0 saturated carbocycles. The molecule has 1 rings (SSSR count). The third-order valence-corrected chi connectivity index (χ3v) is 2.60. The Hall–Kier alpha value is -0.610. The Morgan fingerprint density at radius 2 is 2.19 bits per heavy atom. The number of likely N-dealkylation sites (N-methyl/N-ethyl adjacent to an activating group) is 1. The van der Waals surface area contributed by atoms with E-state index in [1.165, 1.54) is 0 Å². The van der Waals surface area contributed by atoms with Crippen LogP contribution in [0.15, 0.2) is 0 Å². The van der Waals surface area contributed by atoms with Crippen LogP contribution in [-0.2, 0) is 9.53 Å². The van der Waals surface area contributed by atoms with Crippen LogP contribution in [0, 0.1) is 5.41 Å². The average Bonchev–Trinajstić information content (AvgIpc) is 2.16. The average molecular weight is 228 g/mol. The van der Waals surface area contributed by atoms with Crippen molar-refractivity contribution in [2.24, 2.45) is 5.41 Å². The number of nitrogens with zero attached hydrogens (tertiary/aromatic N) is 1. The van der Waals surface area contributed by atoms with E-state index in [2.05, 4.69) is 26.1 Å². The molecule has 4 heteroatoms. The van der Waals surface area contributed by atoms with E-state index in [0.717, 1.165) is 19.6 Å². The van der Waals surface area contributed by atoms with Crippen LogP contribution in [0.4, 0.5) is 0 Å². The van der Waals surface area contributed by atoms with Gasteiger partial charge in [-0.2, -0.15) is 0 Å². The summed E-state index contributed by atoms with van der Waals surface area (Å²) in [5.41, 5.74) is 0.0634. The highest BCUT2D eigenvalue weighted by atomic mass is 16.5. The van der Waals surface area contributed by atoms with Gasteiger partial charge in [-0.3, -0.25) is 4.79 Å². The Labute approximate surface area is 98.3 Å². The lowest BCUT2D eigenvalue weighted by Crippen LogP contribution is -2.49. The van der Waals surface area contributed by atoms with Gasteiger partial charge in [-0.25, -0.2) is 0 Å². The van der Waals surface area contributed by atoms with Crippen molar-refractivity contribution < 1.29 is 9.53 Å². The zero-order valence-corrected chi connectivity index (χ0v) is 10.9. The number of morpholine rings is 1. The van der Waals surface area contributed by atoms with Gasteiger partial charge in [0.05, 0.1) is 12.7 Å². The topological polar surface area (TPSA) is 41.6 Å². The summed E-state index contributed by atoms with van der Waals surface area (Å²) in [5, 5.41) is 3.08. The predicted molar refractivity (Wildman–Crippen MR) is 64.3 cm³/mol. The van der Waals surface area contributed by atoms with E-state index in [-0.39, 0.29) is 17.4 Å². The summed E-state index contributed by atoms with van der Waals surface area (Å²) >= 11 is 0. The highest BCUT2D eigenvalue weighted by Crippen LogP contribution is 2.20. The molecule has 0 aromatic rings. The number of amides is 1. The highest BCUT2D eigenvalue weighted by Gasteiger charge is 2.26. The zero-order chi connectivity index (χ0) is 12.2. The van der Waals surface area contributed by atoms with Gasteiger partial charge in [0.2, 0.25) is 5.91 Å². The van der Waals surface area contributed by atoms with Crippen LogP contribution in [0.5, 0.6) is 0 Å². The molecule has 1 atom stereocenters. The minimum Gasteiger partial charge on any atom is -0.373 e. The first-order valence-electron chi connectivity index (χ1n) is 5.96. The van der Waals surface area contributed by atoms with Gasteiger partial charge in [-0.1, -0.05) is 20.8 Å². The zero-order valence-electron chi connectivity index (χ0n) is 10.9. The number of hydrogen-bond acceptors (Lipinski definition) is 3. The van der Waals surface area contributed by atoms with E-state index in [4.69, 9.17) is 4.74 Å². The molecule has 0 radical (unpaired) electrons. The molecule has 0 aromatic carbocycles.